The zero-order chi connectivity index (χ0) is 13.0. The van der Waals surface area contributed by atoms with Crippen molar-refractivity contribution in [1.82, 2.24) is 19.6 Å². The highest BCUT2D eigenvalue weighted by Crippen LogP contribution is 2.12. The molecular weight excluding hydrogens is 254 g/mol. The van der Waals surface area contributed by atoms with Crippen LogP contribution in [0.25, 0.3) is 5.65 Å². The Morgan fingerprint density at radius 1 is 1.50 bits per heavy atom. The van der Waals surface area contributed by atoms with Gasteiger partial charge in [-0.2, -0.15) is 5.10 Å². The lowest BCUT2D eigenvalue weighted by Gasteiger charge is -2.22. The molecule has 0 unspecified atom stereocenters. The summed E-state index contributed by atoms with van der Waals surface area (Å²) in [6.07, 6.45) is 3.68. The molecule has 0 spiro atoms. The Kier molecular flexibility index (Phi) is 4.19. The standard InChI is InChI=1S/C11H16ClN5O/c1-2-3-5-16(6-4-12)9-7-10-14-15-11(18)17(10)8-13-9/h7-8H,2-6H2,1H3,(H,15,18). The molecule has 7 heteroatoms. The van der Waals surface area contributed by atoms with E-state index in [2.05, 4.69) is 27.0 Å². The highest BCUT2D eigenvalue weighted by Gasteiger charge is 2.09. The Labute approximate surface area is 110 Å². The van der Waals surface area contributed by atoms with Crippen LogP contribution in [-0.4, -0.2) is 38.6 Å². The molecule has 0 aliphatic rings. The fraction of sp³-hybridized carbons (Fsp3) is 0.545. The molecule has 0 fully saturated rings. The number of rotatable bonds is 6. The maximum atomic E-state index is 11.3. The van der Waals surface area contributed by atoms with Crippen molar-refractivity contribution in [3.63, 3.8) is 0 Å². The third-order valence-electron chi connectivity index (χ3n) is 2.76. The van der Waals surface area contributed by atoms with Crippen LogP contribution in [0, 0.1) is 0 Å². The summed E-state index contributed by atoms with van der Waals surface area (Å²) in [6.45, 7) is 3.78. The molecule has 0 bridgehead atoms. The van der Waals surface area contributed by atoms with E-state index in [-0.39, 0.29) is 5.69 Å². The second kappa shape index (κ2) is 5.86. The molecule has 0 radical (unpaired) electrons. The van der Waals surface area contributed by atoms with Crippen LogP contribution in [0.2, 0.25) is 0 Å². The molecule has 98 valence electrons. The smallest absolute Gasteiger partial charge is 0.348 e. The SMILES string of the molecule is CCCCN(CCCl)c1cc2n[nH]c(=O)n2cn1. The molecule has 0 atom stereocenters. The lowest BCUT2D eigenvalue weighted by molar-refractivity contribution is 0.724. The van der Waals surface area contributed by atoms with Crippen molar-refractivity contribution < 1.29 is 0 Å². The summed E-state index contributed by atoms with van der Waals surface area (Å²) in [5, 5.41) is 6.32. The van der Waals surface area contributed by atoms with E-state index in [4.69, 9.17) is 11.6 Å². The van der Waals surface area contributed by atoms with Gasteiger partial charge in [-0.05, 0) is 6.42 Å². The summed E-state index contributed by atoms with van der Waals surface area (Å²) in [5.74, 6) is 1.35. The van der Waals surface area contributed by atoms with Gasteiger partial charge in [-0.15, -0.1) is 11.6 Å². The van der Waals surface area contributed by atoms with Crippen molar-refractivity contribution >= 4 is 23.1 Å². The molecule has 1 N–H and O–H groups in total. The molecule has 0 aliphatic heterocycles. The number of halogens is 1. The Hall–Kier alpha value is -1.56. The number of anilines is 1. The fourth-order valence-electron chi connectivity index (χ4n) is 1.76. The number of nitrogens with zero attached hydrogens (tertiary/aromatic N) is 4. The highest BCUT2D eigenvalue weighted by molar-refractivity contribution is 6.18. The number of fused-ring (bicyclic) bond motifs is 1. The van der Waals surface area contributed by atoms with Crippen molar-refractivity contribution in [2.24, 2.45) is 0 Å². The van der Waals surface area contributed by atoms with Crippen molar-refractivity contribution in [2.45, 2.75) is 19.8 Å². The second-order valence-corrected chi connectivity index (χ2v) is 4.41. The summed E-state index contributed by atoms with van der Waals surface area (Å²) in [5.41, 5.74) is 0.294. The number of nitrogens with one attached hydrogen (secondary N) is 1. The first kappa shape index (κ1) is 12.9. The van der Waals surface area contributed by atoms with Gasteiger partial charge in [0, 0.05) is 25.0 Å². The number of aromatic amines is 1. The van der Waals surface area contributed by atoms with Gasteiger partial charge in [0.05, 0.1) is 0 Å². The average Bonchev–Trinajstić information content (AvgIpc) is 2.76. The molecule has 0 aromatic carbocycles. The molecule has 0 saturated heterocycles. The maximum Gasteiger partial charge on any atom is 0.348 e. The van der Waals surface area contributed by atoms with Gasteiger partial charge in [0.25, 0.3) is 0 Å². The van der Waals surface area contributed by atoms with Gasteiger partial charge in [-0.3, -0.25) is 0 Å². The van der Waals surface area contributed by atoms with Crippen molar-refractivity contribution in [3.05, 3.63) is 22.9 Å². The van der Waals surface area contributed by atoms with Crippen LogP contribution >= 0.6 is 11.6 Å². The van der Waals surface area contributed by atoms with Crippen LogP contribution in [0.5, 0.6) is 0 Å². The molecule has 6 nitrogen and oxygen atoms in total. The summed E-state index contributed by atoms with van der Waals surface area (Å²) in [6, 6.07) is 1.79. The Morgan fingerprint density at radius 3 is 3.06 bits per heavy atom. The van der Waals surface area contributed by atoms with E-state index in [0.29, 0.717) is 11.5 Å². The predicted octanol–water partition coefficient (Wildman–Crippen LogP) is 1.26. The topological polar surface area (TPSA) is 66.3 Å². The monoisotopic (exact) mass is 269 g/mol. The second-order valence-electron chi connectivity index (χ2n) is 4.03. The van der Waals surface area contributed by atoms with Crippen LogP contribution in [-0.2, 0) is 0 Å². The summed E-state index contributed by atoms with van der Waals surface area (Å²) in [7, 11) is 0. The van der Waals surface area contributed by atoms with E-state index < -0.39 is 0 Å². The molecule has 18 heavy (non-hydrogen) atoms. The number of H-pyrrole nitrogens is 1. The largest absolute Gasteiger partial charge is 0.355 e. The maximum absolute atomic E-state index is 11.3. The number of hydrogen-bond acceptors (Lipinski definition) is 4. The fourth-order valence-corrected chi connectivity index (χ4v) is 1.97. The first-order valence-corrected chi connectivity index (χ1v) is 6.53. The molecule has 2 aromatic rings. The van der Waals surface area contributed by atoms with Gasteiger partial charge in [-0.25, -0.2) is 19.3 Å². The van der Waals surface area contributed by atoms with E-state index in [1.54, 1.807) is 6.07 Å². The van der Waals surface area contributed by atoms with Crippen LogP contribution < -0.4 is 10.6 Å². The Morgan fingerprint density at radius 2 is 2.33 bits per heavy atom. The number of alkyl halides is 1. The van der Waals surface area contributed by atoms with E-state index in [1.165, 1.54) is 10.7 Å². The van der Waals surface area contributed by atoms with Crippen LogP contribution in [0.3, 0.4) is 0 Å². The lowest BCUT2D eigenvalue weighted by Crippen LogP contribution is -2.27. The summed E-state index contributed by atoms with van der Waals surface area (Å²) in [4.78, 5) is 17.7. The first-order valence-electron chi connectivity index (χ1n) is 6.00. The van der Waals surface area contributed by atoms with Gasteiger partial charge in [0.2, 0.25) is 0 Å². The molecule has 2 heterocycles. The van der Waals surface area contributed by atoms with Gasteiger partial charge in [0.15, 0.2) is 5.65 Å². The predicted molar refractivity (Wildman–Crippen MR) is 71.4 cm³/mol. The molecule has 2 rings (SSSR count). The zero-order valence-corrected chi connectivity index (χ0v) is 11.0. The molecule has 2 aromatic heterocycles. The van der Waals surface area contributed by atoms with Crippen LogP contribution in [0.4, 0.5) is 5.82 Å². The zero-order valence-electron chi connectivity index (χ0n) is 10.3. The first-order chi connectivity index (χ1) is 8.76. The van der Waals surface area contributed by atoms with Crippen molar-refractivity contribution in [3.8, 4) is 0 Å². The van der Waals surface area contributed by atoms with Crippen LogP contribution in [0.15, 0.2) is 17.2 Å². The van der Waals surface area contributed by atoms with Gasteiger partial charge >= 0.3 is 5.69 Å². The van der Waals surface area contributed by atoms with Crippen molar-refractivity contribution in [2.75, 3.05) is 23.9 Å². The average molecular weight is 270 g/mol. The lowest BCUT2D eigenvalue weighted by atomic mass is 10.3. The Bertz CT molecular complexity index is 564. The van der Waals surface area contributed by atoms with E-state index in [1.807, 2.05) is 0 Å². The van der Waals surface area contributed by atoms with Gasteiger partial charge < -0.3 is 4.90 Å². The van der Waals surface area contributed by atoms with Gasteiger partial charge in [0.1, 0.15) is 12.1 Å². The molecule has 0 amide bonds. The third-order valence-corrected chi connectivity index (χ3v) is 2.92. The minimum Gasteiger partial charge on any atom is -0.355 e. The van der Waals surface area contributed by atoms with Gasteiger partial charge in [-0.1, -0.05) is 13.3 Å². The van der Waals surface area contributed by atoms with E-state index in [9.17, 15) is 4.79 Å². The normalized spacial score (nSPS) is 11.0. The van der Waals surface area contributed by atoms with E-state index in [0.717, 1.165) is 31.7 Å². The minimum absolute atomic E-state index is 0.276. The minimum atomic E-state index is -0.276. The molecule has 0 aliphatic carbocycles. The molecular formula is C11H16ClN5O. The van der Waals surface area contributed by atoms with Crippen molar-refractivity contribution in [1.29, 1.82) is 0 Å². The number of aromatic nitrogens is 4. The number of unbranched alkanes of at least 4 members (excludes halogenated alkanes) is 1. The Balaban J connectivity index is 2.28. The third kappa shape index (κ3) is 2.64. The number of hydrogen-bond donors (Lipinski definition) is 1. The highest BCUT2D eigenvalue weighted by atomic mass is 35.5. The van der Waals surface area contributed by atoms with Crippen LogP contribution in [0.1, 0.15) is 19.8 Å². The summed E-state index contributed by atoms with van der Waals surface area (Å²) < 4.78 is 1.38. The quantitative estimate of drug-likeness (QED) is 0.802. The van der Waals surface area contributed by atoms with E-state index >= 15 is 0 Å². The summed E-state index contributed by atoms with van der Waals surface area (Å²) >= 11 is 5.80. The molecule has 0 saturated carbocycles.